The lowest BCUT2D eigenvalue weighted by Crippen LogP contribution is -2.24. The molecular weight excluding hydrogens is 404 g/mol. The number of benzene rings is 2. The van der Waals surface area contributed by atoms with Crippen molar-refractivity contribution in [3.8, 4) is 11.3 Å². The van der Waals surface area contributed by atoms with Gasteiger partial charge >= 0.3 is 0 Å². The van der Waals surface area contributed by atoms with Crippen molar-refractivity contribution in [2.45, 2.75) is 18.4 Å². The highest BCUT2D eigenvalue weighted by atomic mass is 32.2. The number of nitrogens with one attached hydrogen (secondary N) is 2. The topological polar surface area (TPSA) is 87.7 Å². The van der Waals surface area contributed by atoms with E-state index in [2.05, 4.69) is 19.9 Å². The van der Waals surface area contributed by atoms with Gasteiger partial charge in [-0.1, -0.05) is 54.7 Å². The minimum atomic E-state index is -3.72. The largest absolute Gasteiger partial charge is 0.267 e. The zero-order valence-electron chi connectivity index (χ0n) is 15.6. The molecule has 0 saturated heterocycles. The highest BCUT2D eigenvalue weighted by Crippen LogP contribution is 2.29. The second kappa shape index (κ2) is 7.82. The quantitative estimate of drug-likeness (QED) is 0.472. The van der Waals surface area contributed by atoms with Gasteiger partial charge in [0.15, 0.2) is 0 Å². The highest BCUT2D eigenvalue weighted by Gasteiger charge is 2.19. The van der Waals surface area contributed by atoms with Crippen LogP contribution >= 0.6 is 12.2 Å². The van der Waals surface area contributed by atoms with Crippen molar-refractivity contribution in [2.24, 2.45) is 0 Å². The number of aryl methyl sites for hydroxylation is 1. The fourth-order valence-corrected chi connectivity index (χ4v) is 4.64. The zero-order valence-corrected chi connectivity index (χ0v) is 17.2. The molecule has 0 unspecified atom stereocenters. The van der Waals surface area contributed by atoms with Crippen LogP contribution in [-0.4, -0.2) is 23.6 Å². The summed E-state index contributed by atoms with van der Waals surface area (Å²) in [5.41, 5.74) is 2.78. The number of aromatic nitrogens is 3. The van der Waals surface area contributed by atoms with Crippen LogP contribution in [0, 0.1) is 11.6 Å². The Kier molecular flexibility index (Phi) is 5.23. The molecule has 2 aromatic carbocycles. The summed E-state index contributed by atoms with van der Waals surface area (Å²) < 4.78 is 29.1. The van der Waals surface area contributed by atoms with Crippen molar-refractivity contribution in [3.05, 3.63) is 82.8 Å². The first-order valence-electron chi connectivity index (χ1n) is 8.93. The van der Waals surface area contributed by atoms with Crippen LogP contribution in [0.5, 0.6) is 0 Å². The summed E-state index contributed by atoms with van der Waals surface area (Å²) in [5, 5.41) is 8.96. The molecule has 0 spiro atoms. The molecule has 0 aliphatic heterocycles. The lowest BCUT2D eigenvalue weighted by Gasteiger charge is -2.12. The summed E-state index contributed by atoms with van der Waals surface area (Å²) in [4.78, 5) is 4.23. The summed E-state index contributed by atoms with van der Waals surface area (Å²) in [6.07, 6.45) is 3.28. The van der Waals surface area contributed by atoms with Crippen LogP contribution in [0.15, 0.2) is 71.9 Å². The molecule has 4 aromatic rings. The van der Waals surface area contributed by atoms with Crippen molar-refractivity contribution in [1.29, 1.82) is 0 Å². The molecule has 2 aromatic heterocycles. The molecule has 0 fully saturated rings. The lowest BCUT2D eigenvalue weighted by molar-refractivity contribution is 0.580. The third kappa shape index (κ3) is 3.95. The molecule has 0 amide bonds. The Morgan fingerprint density at radius 1 is 1.07 bits per heavy atom. The molecule has 0 saturated carbocycles. The molecular formula is C21H18N4O2S2. The summed E-state index contributed by atoms with van der Waals surface area (Å²) >= 11 is 5.32. The number of pyridine rings is 1. The van der Waals surface area contributed by atoms with Crippen molar-refractivity contribution in [1.82, 2.24) is 19.9 Å². The number of rotatable bonds is 5. The minimum absolute atomic E-state index is 0.166. The predicted molar refractivity (Wildman–Crippen MR) is 115 cm³/mol. The average Bonchev–Trinajstić information content (AvgIpc) is 2.74. The molecule has 0 radical (unpaired) electrons. The molecule has 0 bridgehead atoms. The van der Waals surface area contributed by atoms with Gasteiger partial charge < -0.3 is 0 Å². The van der Waals surface area contributed by atoms with Gasteiger partial charge in [0, 0.05) is 35.3 Å². The maximum atomic E-state index is 13.0. The van der Waals surface area contributed by atoms with Crippen molar-refractivity contribution >= 4 is 33.0 Å². The van der Waals surface area contributed by atoms with Crippen LogP contribution in [0.1, 0.15) is 11.1 Å². The monoisotopic (exact) mass is 422 g/mol. The van der Waals surface area contributed by atoms with Crippen LogP contribution < -0.4 is 4.72 Å². The average molecular weight is 423 g/mol. The fraction of sp³-hybridized carbons (Fsp3) is 0.0952. The number of hydrogen-bond donors (Lipinski definition) is 2. The van der Waals surface area contributed by atoms with Crippen LogP contribution in [0.25, 0.3) is 22.0 Å². The van der Waals surface area contributed by atoms with Gasteiger partial charge in [0.2, 0.25) is 10.0 Å². The first-order valence-corrected chi connectivity index (χ1v) is 10.8. The maximum Gasteiger partial charge on any atom is 0.241 e. The van der Waals surface area contributed by atoms with E-state index < -0.39 is 10.0 Å². The number of nitrogens with zero attached hydrogens (tertiary/aromatic N) is 2. The summed E-state index contributed by atoms with van der Waals surface area (Å²) in [7, 11) is -3.72. The van der Waals surface area contributed by atoms with E-state index in [1.54, 1.807) is 37.5 Å². The Morgan fingerprint density at radius 2 is 1.86 bits per heavy atom. The van der Waals surface area contributed by atoms with E-state index in [1.165, 1.54) is 0 Å². The second-order valence-electron chi connectivity index (χ2n) is 6.61. The Bertz CT molecular complexity index is 1350. The number of aromatic amines is 1. The molecule has 6 nitrogen and oxygen atoms in total. The van der Waals surface area contributed by atoms with Gasteiger partial charge in [0.1, 0.15) is 4.64 Å². The van der Waals surface area contributed by atoms with Gasteiger partial charge in [-0.2, -0.15) is 5.10 Å². The van der Waals surface area contributed by atoms with Crippen molar-refractivity contribution in [3.63, 3.8) is 0 Å². The molecule has 0 aliphatic rings. The second-order valence-corrected chi connectivity index (χ2v) is 8.76. The van der Waals surface area contributed by atoms with Crippen LogP contribution in [0.4, 0.5) is 0 Å². The SMILES string of the molecule is Cc1ccc(-c2n[nH]c(=S)c3ccccc23)cc1S(=O)(=O)NCc1cccnc1. The Labute approximate surface area is 173 Å². The summed E-state index contributed by atoms with van der Waals surface area (Å²) in [5.74, 6) is 0. The van der Waals surface area contributed by atoms with E-state index in [1.807, 2.05) is 36.4 Å². The maximum absolute atomic E-state index is 13.0. The first-order chi connectivity index (χ1) is 14.0. The van der Waals surface area contributed by atoms with Crippen molar-refractivity contribution < 1.29 is 8.42 Å². The van der Waals surface area contributed by atoms with Gasteiger partial charge in [0.25, 0.3) is 0 Å². The van der Waals surface area contributed by atoms with Gasteiger partial charge in [-0.25, -0.2) is 13.1 Å². The van der Waals surface area contributed by atoms with Gasteiger partial charge in [0.05, 0.1) is 10.6 Å². The third-order valence-electron chi connectivity index (χ3n) is 4.64. The molecule has 2 N–H and O–H groups in total. The highest BCUT2D eigenvalue weighted by molar-refractivity contribution is 7.89. The number of hydrogen-bond acceptors (Lipinski definition) is 5. The third-order valence-corrected chi connectivity index (χ3v) is 6.49. The fourth-order valence-electron chi connectivity index (χ4n) is 3.13. The predicted octanol–water partition coefficient (Wildman–Crippen LogP) is 4.14. The Morgan fingerprint density at radius 3 is 2.62 bits per heavy atom. The van der Waals surface area contributed by atoms with Crippen LogP contribution in [0.3, 0.4) is 0 Å². The Hall–Kier alpha value is -2.94. The molecule has 8 heteroatoms. The molecule has 0 aliphatic carbocycles. The lowest BCUT2D eigenvalue weighted by atomic mass is 10.0. The molecule has 4 rings (SSSR count). The van der Waals surface area contributed by atoms with E-state index in [-0.39, 0.29) is 11.4 Å². The van der Waals surface area contributed by atoms with Gasteiger partial charge in [-0.3, -0.25) is 10.1 Å². The number of fused-ring (bicyclic) bond motifs is 1. The van der Waals surface area contributed by atoms with Gasteiger partial charge in [-0.15, -0.1) is 0 Å². The molecule has 146 valence electrons. The van der Waals surface area contributed by atoms with Gasteiger partial charge in [-0.05, 0) is 30.2 Å². The molecule has 2 heterocycles. The summed E-state index contributed by atoms with van der Waals surface area (Å²) in [6.45, 7) is 1.94. The van der Waals surface area contributed by atoms with E-state index >= 15 is 0 Å². The van der Waals surface area contributed by atoms with E-state index in [0.717, 1.165) is 16.3 Å². The molecule has 0 atom stereocenters. The smallest absolute Gasteiger partial charge is 0.241 e. The molecule has 29 heavy (non-hydrogen) atoms. The normalized spacial score (nSPS) is 11.6. The zero-order chi connectivity index (χ0) is 20.4. The van der Waals surface area contributed by atoms with E-state index in [4.69, 9.17) is 12.2 Å². The standard InChI is InChI=1S/C21H18N4O2S2/c1-14-8-9-16(20-17-6-2-3-7-18(17)21(28)25-24-20)11-19(14)29(26,27)23-13-15-5-4-10-22-12-15/h2-12,23H,13H2,1H3,(H,25,28). The van der Waals surface area contributed by atoms with E-state index in [9.17, 15) is 8.42 Å². The van der Waals surface area contributed by atoms with Crippen molar-refractivity contribution in [2.75, 3.05) is 0 Å². The summed E-state index contributed by atoms with van der Waals surface area (Å²) in [6, 6.07) is 16.5. The van der Waals surface area contributed by atoms with E-state index in [0.29, 0.717) is 21.5 Å². The van der Waals surface area contributed by atoms with Crippen LogP contribution in [-0.2, 0) is 16.6 Å². The number of sulfonamides is 1. The van der Waals surface area contributed by atoms with Crippen LogP contribution in [0.2, 0.25) is 0 Å². The Balaban J connectivity index is 1.75. The first kappa shape index (κ1) is 19.4. The minimum Gasteiger partial charge on any atom is -0.267 e. The number of H-pyrrole nitrogens is 1.